The molecule has 1 saturated carbocycles. The van der Waals surface area contributed by atoms with Crippen molar-refractivity contribution in [2.75, 3.05) is 18.0 Å². The average molecular weight is 313 g/mol. The summed E-state index contributed by atoms with van der Waals surface area (Å²) >= 11 is 0. The van der Waals surface area contributed by atoms with E-state index in [1.165, 1.54) is 6.07 Å². The predicted octanol–water partition coefficient (Wildman–Crippen LogP) is 2.60. The van der Waals surface area contributed by atoms with Crippen molar-refractivity contribution in [3.8, 4) is 0 Å². The zero-order valence-corrected chi connectivity index (χ0v) is 12.1. The average Bonchev–Trinajstić information content (AvgIpc) is 3.30. The quantitative estimate of drug-likeness (QED) is 0.933. The van der Waals surface area contributed by atoms with Gasteiger partial charge in [0, 0.05) is 25.3 Å². The third-order valence-corrected chi connectivity index (χ3v) is 4.12. The molecule has 1 amide bonds. The molecule has 2 heterocycles. The number of alkyl halides is 3. The largest absolute Gasteiger partial charge is 0.417 e. The van der Waals surface area contributed by atoms with Crippen LogP contribution < -0.4 is 10.2 Å². The fourth-order valence-electron chi connectivity index (χ4n) is 2.69. The van der Waals surface area contributed by atoms with Gasteiger partial charge >= 0.3 is 6.18 Å². The summed E-state index contributed by atoms with van der Waals surface area (Å²) in [6.45, 7) is 1.22. The van der Waals surface area contributed by atoms with E-state index < -0.39 is 11.7 Å². The van der Waals surface area contributed by atoms with Crippen molar-refractivity contribution in [1.29, 1.82) is 0 Å². The minimum Gasteiger partial charge on any atom is -0.356 e. The first kappa shape index (κ1) is 15.1. The Morgan fingerprint density at radius 1 is 1.27 bits per heavy atom. The summed E-state index contributed by atoms with van der Waals surface area (Å²) < 4.78 is 37.7. The molecule has 1 unspecified atom stereocenters. The second kappa shape index (κ2) is 5.78. The maximum atomic E-state index is 12.6. The van der Waals surface area contributed by atoms with Crippen molar-refractivity contribution in [3.63, 3.8) is 0 Å². The summed E-state index contributed by atoms with van der Waals surface area (Å²) in [5.74, 6) is 0.439. The number of carbonyl (C=O) groups excluding carboxylic acids is 1. The van der Waals surface area contributed by atoms with Gasteiger partial charge in [-0.05, 0) is 37.8 Å². The number of rotatable bonds is 3. The van der Waals surface area contributed by atoms with Gasteiger partial charge in [0.1, 0.15) is 5.82 Å². The van der Waals surface area contributed by atoms with E-state index >= 15 is 0 Å². The highest BCUT2D eigenvalue weighted by molar-refractivity contribution is 5.80. The van der Waals surface area contributed by atoms with E-state index in [0.29, 0.717) is 24.9 Å². The van der Waals surface area contributed by atoms with E-state index in [9.17, 15) is 18.0 Å². The molecule has 0 radical (unpaired) electrons. The number of piperidine rings is 1. The molecule has 1 saturated heterocycles. The van der Waals surface area contributed by atoms with Crippen LogP contribution in [0.15, 0.2) is 18.3 Å². The number of pyridine rings is 1. The van der Waals surface area contributed by atoms with Gasteiger partial charge in [-0.25, -0.2) is 4.98 Å². The highest BCUT2D eigenvalue weighted by Gasteiger charge is 2.32. The van der Waals surface area contributed by atoms with Crippen LogP contribution in [-0.2, 0) is 11.0 Å². The monoisotopic (exact) mass is 313 g/mol. The summed E-state index contributed by atoms with van der Waals surface area (Å²) in [5, 5.41) is 2.99. The topological polar surface area (TPSA) is 45.2 Å². The Labute approximate surface area is 126 Å². The lowest BCUT2D eigenvalue weighted by Gasteiger charge is -2.33. The van der Waals surface area contributed by atoms with Gasteiger partial charge in [0.05, 0.1) is 11.5 Å². The molecule has 1 aliphatic carbocycles. The molecular weight excluding hydrogens is 295 g/mol. The number of hydrogen-bond acceptors (Lipinski definition) is 3. The van der Waals surface area contributed by atoms with Crippen LogP contribution in [0.1, 0.15) is 31.2 Å². The fraction of sp³-hybridized carbons (Fsp3) is 0.600. The zero-order valence-electron chi connectivity index (χ0n) is 12.1. The number of nitrogens with zero attached hydrogens (tertiary/aromatic N) is 2. The number of amides is 1. The van der Waals surface area contributed by atoms with Gasteiger partial charge in [0.25, 0.3) is 0 Å². The first-order valence-electron chi connectivity index (χ1n) is 7.52. The third-order valence-electron chi connectivity index (χ3n) is 4.12. The van der Waals surface area contributed by atoms with Gasteiger partial charge in [0.2, 0.25) is 5.91 Å². The van der Waals surface area contributed by atoms with Gasteiger partial charge in [-0.2, -0.15) is 13.2 Å². The maximum Gasteiger partial charge on any atom is 0.417 e. The first-order valence-corrected chi connectivity index (χ1v) is 7.52. The highest BCUT2D eigenvalue weighted by atomic mass is 19.4. The molecular formula is C15H18F3N3O. The molecule has 1 aromatic rings. The molecule has 120 valence electrons. The minimum absolute atomic E-state index is 0.0547. The molecule has 3 rings (SSSR count). The van der Waals surface area contributed by atoms with Crippen LogP contribution in [-0.4, -0.2) is 30.0 Å². The van der Waals surface area contributed by atoms with E-state index in [2.05, 4.69) is 10.3 Å². The van der Waals surface area contributed by atoms with E-state index in [4.69, 9.17) is 0 Å². The lowest BCUT2D eigenvalue weighted by molar-refractivity contribution is -0.137. The Hall–Kier alpha value is -1.79. The van der Waals surface area contributed by atoms with Gasteiger partial charge < -0.3 is 10.2 Å². The van der Waals surface area contributed by atoms with Crippen LogP contribution >= 0.6 is 0 Å². The van der Waals surface area contributed by atoms with Crippen molar-refractivity contribution >= 4 is 11.7 Å². The molecule has 1 aliphatic heterocycles. The lowest BCUT2D eigenvalue weighted by Crippen LogP contribution is -2.44. The second-order valence-corrected chi connectivity index (χ2v) is 5.97. The molecule has 1 N–H and O–H groups in total. The highest BCUT2D eigenvalue weighted by Crippen LogP contribution is 2.30. The standard InChI is InChI=1S/C15H18F3N3O/c16-15(17,18)11-3-6-13(19-8-11)21-7-1-2-10(9-21)14(22)20-12-4-5-12/h3,6,8,10,12H,1-2,4-5,7,9H2,(H,20,22). The summed E-state index contributed by atoms with van der Waals surface area (Å²) in [4.78, 5) is 17.9. The molecule has 0 spiro atoms. The molecule has 0 aromatic carbocycles. The number of carbonyl (C=O) groups is 1. The number of anilines is 1. The zero-order chi connectivity index (χ0) is 15.7. The number of nitrogens with one attached hydrogen (secondary N) is 1. The number of aromatic nitrogens is 1. The Kier molecular flexibility index (Phi) is 3.97. The van der Waals surface area contributed by atoms with Crippen LogP contribution in [0.5, 0.6) is 0 Å². The van der Waals surface area contributed by atoms with Gasteiger partial charge in [-0.3, -0.25) is 4.79 Å². The molecule has 1 aromatic heterocycles. The molecule has 7 heteroatoms. The van der Waals surface area contributed by atoms with Crippen LogP contribution in [0, 0.1) is 5.92 Å². The molecule has 2 aliphatic rings. The number of hydrogen-bond donors (Lipinski definition) is 1. The molecule has 0 bridgehead atoms. The van der Waals surface area contributed by atoms with Crippen LogP contribution in [0.4, 0.5) is 19.0 Å². The van der Waals surface area contributed by atoms with Gasteiger partial charge in [-0.15, -0.1) is 0 Å². The summed E-state index contributed by atoms with van der Waals surface area (Å²) in [6, 6.07) is 2.74. The number of halogens is 3. The van der Waals surface area contributed by atoms with Gasteiger partial charge in [-0.1, -0.05) is 0 Å². The van der Waals surface area contributed by atoms with E-state index in [-0.39, 0.29) is 11.8 Å². The van der Waals surface area contributed by atoms with E-state index in [1.54, 1.807) is 0 Å². The lowest BCUT2D eigenvalue weighted by atomic mass is 9.97. The van der Waals surface area contributed by atoms with E-state index in [1.807, 2.05) is 4.90 Å². The fourth-order valence-corrected chi connectivity index (χ4v) is 2.69. The SMILES string of the molecule is O=C(NC1CC1)C1CCCN(c2ccc(C(F)(F)F)cn2)C1. The first-order chi connectivity index (χ1) is 10.4. The Morgan fingerprint density at radius 2 is 2.05 bits per heavy atom. The van der Waals surface area contributed by atoms with Crippen molar-refractivity contribution < 1.29 is 18.0 Å². The molecule has 22 heavy (non-hydrogen) atoms. The van der Waals surface area contributed by atoms with Crippen molar-refractivity contribution in [1.82, 2.24) is 10.3 Å². The second-order valence-electron chi connectivity index (χ2n) is 5.97. The summed E-state index contributed by atoms with van der Waals surface area (Å²) in [6.07, 6.45) is 0.218. The molecule has 2 fully saturated rings. The predicted molar refractivity (Wildman–Crippen MR) is 75.3 cm³/mol. The third kappa shape index (κ3) is 3.51. The van der Waals surface area contributed by atoms with Crippen molar-refractivity contribution in [2.45, 2.75) is 37.9 Å². The van der Waals surface area contributed by atoms with Crippen molar-refractivity contribution in [2.24, 2.45) is 5.92 Å². The maximum absolute atomic E-state index is 12.6. The minimum atomic E-state index is -4.37. The molecule has 1 atom stereocenters. The van der Waals surface area contributed by atoms with Crippen LogP contribution in [0.2, 0.25) is 0 Å². The Morgan fingerprint density at radius 3 is 2.64 bits per heavy atom. The molecule has 4 nitrogen and oxygen atoms in total. The summed E-state index contributed by atoms with van der Waals surface area (Å²) in [5.41, 5.74) is -0.753. The van der Waals surface area contributed by atoms with E-state index in [0.717, 1.165) is 37.9 Å². The van der Waals surface area contributed by atoms with Crippen LogP contribution in [0.3, 0.4) is 0 Å². The Balaban J connectivity index is 1.64. The summed E-state index contributed by atoms with van der Waals surface area (Å²) in [7, 11) is 0. The van der Waals surface area contributed by atoms with Crippen molar-refractivity contribution in [3.05, 3.63) is 23.9 Å². The van der Waals surface area contributed by atoms with Gasteiger partial charge in [0.15, 0.2) is 0 Å². The van der Waals surface area contributed by atoms with Crippen LogP contribution in [0.25, 0.3) is 0 Å². The Bertz CT molecular complexity index is 540. The normalized spacial score (nSPS) is 22.5. The smallest absolute Gasteiger partial charge is 0.356 e.